The number of rotatable bonds is 2. The van der Waals surface area contributed by atoms with Crippen LogP contribution in [0.1, 0.15) is 27.8 Å². The number of benzene rings is 1. The van der Waals surface area contributed by atoms with Crippen molar-refractivity contribution in [3.8, 4) is 5.75 Å². The second-order valence-corrected chi connectivity index (χ2v) is 4.76. The van der Waals surface area contributed by atoms with E-state index < -0.39 is 0 Å². The Morgan fingerprint density at radius 1 is 1.24 bits per heavy atom. The molecule has 0 saturated heterocycles. The molecule has 106 valence electrons. The fourth-order valence-electron chi connectivity index (χ4n) is 2.28. The van der Waals surface area contributed by atoms with Gasteiger partial charge in [0, 0.05) is 11.8 Å². The van der Waals surface area contributed by atoms with E-state index in [9.17, 15) is 9.59 Å². The Bertz CT molecular complexity index is 698. The topological polar surface area (TPSA) is 59.5 Å². The van der Waals surface area contributed by atoms with E-state index in [4.69, 9.17) is 4.74 Å². The number of ether oxygens (including phenoxy) is 1. The number of hydrogen-bond acceptors (Lipinski definition) is 4. The van der Waals surface area contributed by atoms with E-state index in [1.165, 1.54) is 6.92 Å². The maximum absolute atomic E-state index is 12.6. The maximum atomic E-state index is 12.6. The van der Waals surface area contributed by atoms with E-state index in [1.807, 2.05) is 0 Å². The largest absolute Gasteiger partial charge is 0.490 e. The summed E-state index contributed by atoms with van der Waals surface area (Å²) in [5, 5.41) is 0. The van der Waals surface area contributed by atoms with E-state index in [1.54, 1.807) is 47.5 Å². The van der Waals surface area contributed by atoms with Crippen LogP contribution in [0.3, 0.4) is 0 Å². The average Bonchev–Trinajstić information content (AvgIpc) is 2.54. The predicted molar refractivity (Wildman–Crippen MR) is 77.9 cm³/mol. The lowest BCUT2D eigenvalue weighted by Crippen LogP contribution is -2.38. The summed E-state index contributed by atoms with van der Waals surface area (Å²) in [5.74, 6) is 0.366. The van der Waals surface area contributed by atoms with Crippen LogP contribution in [0.25, 0.3) is 0 Å². The highest BCUT2D eigenvalue weighted by molar-refractivity contribution is 6.06. The lowest BCUT2D eigenvalue weighted by Gasteiger charge is -2.29. The molecule has 1 aliphatic rings. The normalized spacial score (nSPS) is 13.3. The zero-order valence-corrected chi connectivity index (χ0v) is 11.6. The lowest BCUT2D eigenvalue weighted by atomic mass is 10.1. The summed E-state index contributed by atoms with van der Waals surface area (Å²) >= 11 is 0. The second kappa shape index (κ2) is 5.36. The van der Waals surface area contributed by atoms with Crippen LogP contribution in [0.2, 0.25) is 0 Å². The van der Waals surface area contributed by atoms with Crippen LogP contribution in [0.5, 0.6) is 5.75 Å². The minimum atomic E-state index is -0.194. The summed E-state index contributed by atoms with van der Waals surface area (Å²) in [6.07, 6.45) is 1.58. The van der Waals surface area contributed by atoms with Gasteiger partial charge >= 0.3 is 0 Å². The van der Waals surface area contributed by atoms with Gasteiger partial charge < -0.3 is 9.64 Å². The van der Waals surface area contributed by atoms with Crippen molar-refractivity contribution in [3.63, 3.8) is 0 Å². The van der Waals surface area contributed by atoms with Crippen molar-refractivity contribution in [1.29, 1.82) is 0 Å². The molecular formula is C16H14N2O3. The van der Waals surface area contributed by atoms with Gasteiger partial charge in [-0.15, -0.1) is 0 Å². The van der Waals surface area contributed by atoms with Gasteiger partial charge in [-0.05, 0) is 37.3 Å². The van der Waals surface area contributed by atoms with Crippen LogP contribution in [0.4, 0.5) is 5.69 Å². The van der Waals surface area contributed by atoms with Crippen LogP contribution in [-0.4, -0.2) is 29.8 Å². The van der Waals surface area contributed by atoms with Gasteiger partial charge in [-0.2, -0.15) is 0 Å². The summed E-state index contributed by atoms with van der Waals surface area (Å²) in [6, 6.07) is 10.3. The van der Waals surface area contributed by atoms with E-state index in [-0.39, 0.29) is 11.7 Å². The average molecular weight is 282 g/mol. The molecule has 0 unspecified atom stereocenters. The molecule has 5 nitrogen and oxygen atoms in total. The highest BCUT2D eigenvalue weighted by atomic mass is 16.5. The number of amides is 1. The molecule has 3 rings (SSSR count). The molecule has 0 spiro atoms. The Morgan fingerprint density at radius 2 is 2.10 bits per heavy atom. The summed E-state index contributed by atoms with van der Waals surface area (Å²) in [4.78, 5) is 29.8. The number of pyridine rings is 1. The number of aromatic nitrogens is 1. The first kappa shape index (κ1) is 13.3. The highest BCUT2D eigenvalue weighted by Gasteiger charge is 2.26. The molecule has 2 heterocycles. The Balaban J connectivity index is 2.01. The summed E-state index contributed by atoms with van der Waals surface area (Å²) < 4.78 is 5.55. The summed E-state index contributed by atoms with van der Waals surface area (Å²) in [5.41, 5.74) is 1.54. The van der Waals surface area contributed by atoms with Crippen molar-refractivity contribution in [2.24, 2.45) is 0 Å². The van der Waals surface area contributed by atoms with Gasteiger partial charge in [0.1, 0.15) is 18.1 Å². The fourth-order valence-corrected chi connectivity index (χ4v) is 2.28. The first-order chi connectivity index (χ1) is 10.2. The van der Waals surface area contributed by atoms with Crippen LogP contribution >= 0.6 is 0 Å². The molecule has 0 fully saturated rings. The Labute approximate surface area is 122 Å². The molecule has 1 aliphatic heterocycles. The number of carbonyl (C=O) groups excluding carboxylic acids is 2. The van der Waals surface area contributed by atoms with Gasteiger partial charge in [0.25, 0.3) is 5.91 Å². The molecule has 0 bridgehead atoms. The van der Waals surface area contributed by atoms with Gasteiger partial charge in [-0.25, -0.2) is 0 Å². The van der Waals surface area contributed by atoms with E-state index in [0.29, 0.717) is 35.8 Å². The zero-order valence-electron chi connectivity index (χ0n) is 11.6. The predicted octanol–water partition coefficient (Wildman–Crippen LogP) is 2.32. The lowest BCUT2D eigenvalue weighted by molar-refractivity contribution is 0.0968. The molecule has 2 aromatic rings. The third kappa shape index (κ3) is 2.50. The number of anilines is 1. The minimum Gasteiger partial charge on any atom is -0.490 e. The van der Waals surface area contributed by atoms with Crippen molar-refractivity contribution >= 4 is 17.4 Å². The first-order valence-electron chi connectivity index (χ1n) is 6.67. The summed E-state index contributed by atoms with van der Waals surface area (Å²) in [6.45, 7) is 2.35. The Hall–Kier alpha value is -2.69. The fraction of sp³-hybridized carbons (Fsp3) is 0.188. The van der Waals surface area contributed by atoms with Crippen LogP contribution in [0, 0.1) is 0 Å². The molecule has 21 heavy (non-hydrogen) atoms. The van der Waals surface area contributed by atoms with Gasteiger partial charge in [-0.3, -0.25) is 14.6 Å². The molecule has 0 aliphatic carbocycles. The number of nitrogens with zero attached hydrogens (tertiary/aromatic N) is 2. The van der Waals surface area contributed by atoms with Crippen LogP contribution in [0.15, 0.2) is 42.6 Å². The van der Waals surface area contributed by atoms with E-state index >= 15 is 0 Å². The van der Waals surface area contributed by atoms with Crippen LogP contribution < -0.4 is 9.64 Å². The van der Waals surface area contributed by atoms with Crippen molar-refractivity contribution in [2.75, 3.05) is 18.1 Å². The number of carbonyl (C=O) groups is 2. The third-order valence-corrected chi connectivity index (χ3v) is 3.36. The molecule has 0 saturated carbocycles. The van der Waals surface area contributed by atoms with E-state index in [2.05, 4.69) is 4.98 Å². The smallest absolute Gasteiger partial charge is 0.277 e. The Morgan fingerprint density at radius 3 is 2.81 bits per heavy atom. The van der Waals surface area contributed by atoms with Gasteiger partial charge in [0.05, 0.1) is 12.2 Å². The summed E-state index contributed by atoms with van der Waals surface area (Å²) in [7, 11) is 0. The second-order valence-electron chi connectivity index (χ2n) is 4.76. The Kier molecular flexibility index (Phi) is 3.39. The monoisotopic (exact) mass is 282 g/mol. The van der Waals surface area contributed by atoms with Gasteiger partial charge in [0.2, 0.25) is 0 Å². The standard InChI is InChI=1S/C16H14N2O3/c1-11(19)12-5-6-15-14(10-12)18(8-9-21-15)16(20)13-4-2-3-7-17-13/h2-7,10H,8-9H2,1H3. The minimum absolute atomic E-state index is 0.0476. The molecular weight excluding hydrogens is 268 g/mol. The maximum Gasteiger partial charge on any atom is 0.277 e. The molecule has 1 amide bonds. The quantitative estimate of drug-likeness (QED) is 0.793. The van der Waals surface area contributed by atoms with Crippen molar-refractivity contribution in [3.05, 3.63) is 53.9 Å². The molecule has 1 aromatic carbocycles. The molecule has 1 aromatic heterocycles. The number of ketones is 1. The third-order valence-electron chi connectivity index (χ3n) is 3.36. The molecule has 0 atom stereocenters. The molecule has 5 heteroatoms. The number of hydrogen-bond donors (Lipinski definition) is 0. The molecule has 0 radical (unpaired) electrons. The zero-order chi connectivity index (χ0) is 14.8. The SMILES string of the molecule is CC(=O)c1ccc2c(c1)N(C(=O)c1ccccn1)CCO2. The van der Waals surface area contributed by atoms with Crippen molar-refractivity contribution in [2.45, 2.75) is 6.92 Å². The number of Topliss-reactive ketones (excluding diaryl/α,β-unsaturated/α-hetero) is 1. The van der Waals surface area contributed by atoms with Crippen molar-refractivity contribution in [1.82, 2.24) is 4.98 Å². The highest BCUT2D eigenvalue weighted by Crippen LogP contribution is 2.33. The van der Waals surface area contributed by atoms with Gasteiger partial charge in [0.15, 0.2) is 5.78 Å². The first-order valence-corrected chi connectivity index (χ1v) is 6.67. The molecule has 0 N–H and O–H groups in total. The van der Waals surface area contributed by atoms with Crippen molar-refractivity contribution < 1.29 is 14.3 Å². The van der Waals surface area contributed by atoms with E-state index in [0.717, 1.165) is 0 Å². The number of fused-ring (bicyclic) bond motifs is 1. The van der Waals surface area contributed by atoms with Gasteiger partial charge in [-0.1, -0.05) is 6.07 Å². The van der Waals surface area contributed by atoms with Crippen LogP contribution in [-0.2, 0) is 0 Å².